The number of hydrogen-bond donors (Lipinski definition) is 2. The quantitative estimate of drug-likeness (QED) is 0.648. The van der Waals surface area contributed by atoms with Crippen LogP contribution < -0.4 is 11.1 Å². The van der Waals surface area contributed by atoms with Crippen LogP contribution in [0, 0.1) is 0 Å². The first-order valence-electron chi connectivity index (χ1n) is 2.78. The molecule has 50 valence electrons. The Bertz CT molecular complexity index is 149. The van der Waals surface area contributed by atoms with Gasteiger partial charge in [-0.25, -0.2) is 0 Å². The summed E-state index contributed by atoms with van der Waals surface area (Å²) in [6.07, 6.45) is 0. The second-order valence-corrected chi connectivity index (χ2v) is 2.27. The van der Waals surface area contributed by atoms with Crippen molar-refractivity contribution >= 4 is 17.4 Å². The molecular weight excluding hydrogens is 134 g/mol. The van der Waals surface area contributed by atoms with Crippen LogP contribution in [0.5, 0.6) is 0 Å². The number of nitrogens with two attached hydrogens (primary N) is 1. The Labute approximate surface area is 58.1 Å². The second kappa shape index (κ2) is 3.42. The molecule has 0 aromatic carbocycles. The number of nitrogens with one attached hydrogen (secondary N) is 1. The van der Waals surface area contributed by atoms with Crippen LogP contribution in [0.3, 0.4) is 0 Å². The summed E-state index contributed by atoms with van der Waals surface area (Å²) in [7, 11) is 0. The third-order valence-electron chi connectivity index (χ3n) is 0.888. The molecule has 4 heteroatoms. The molecule has 0 aliphatic carbocycles. The normalized spacial score (nSPS) is 9.44. The van der Waals surface area contributed by atoms with Gasteiger partial charge in [-0.2, -0.15) is 4.37 Å². The van der Waals surface area contributed by atoms with Crippen molar-refractivity contribution in [2.24, 2.45) is 5.73 Å². The lowest BCUT2D eigenvalue weighted by Gasteiger charge is -1.96. The van der Waals surface area contributed by atoms with Crippen molar-refractivity contribution in [1.29, 1.82) is 0 Å². The second-order valence-electron chi connectivity index (χ2n) is 1.60. The molecule has 0 saturated heterocycles. The van der Waals surface area contributed by atoms with Gasteiger partial charge in [-0.3, -0.25) is 0 Å². The summed E-state index contributed by atoms with van der Waals surface area (Å²) < 4.78 is 4.03. The van der Waals surface area contributed by atoms with E-state index in [1.807, 2.05) is 11.4 Å². The van der Waals surface area contributed by atoms with Crippen molar-refractivity contribution in [3.63, 3.8) is 0 Å². The minimum Gasteiger partial charge on any atom is -0.368 e. The molecule has 9 heavy (non-hydrogen) atoms. The fourth-order valence-electron chi connectivity index (χ4n) is 0.504. The average Bonchev–Trinajstić information content (AvgIpc) is 2.34. The van der Waals surface area contributed by atoms with Crippen molar-refractivity contribution < 1.29 is 0 Å². The van der Waals surface area contributed by atoms with Gasteiger partial charge in [0.25, 0.3) is 0 Å². The molecule has 3 nitrogen and oxygen atoms in total. The Morgan fingerprint density at radius 1 is 1.78 bits per heavy atom. The van der Waals surface area contributed by atoms with Crippen molar-refractivity contribution in [1.82, 2.24) is 4.37 Å². The van der Waals surface area contributed by atoms with Crippen LogP contribution >= 0.6 is 11.5 Å². The van der Waals surface area contributed by atoms with Gasteiger partial charge in [0.15, 0.2) is 0 Å². The molecule has 0 aliphatic heterocycles. The van der Waals surface area contributed by atoms with Crippen molar-refractivity contribution in [2.45, 2.75) is 0 Å². The summed E-state index contributed by atoms with van der Waals surface area (Å²) in [5.74, 6) is 0.922. The molecule has 0 unspecified atom stereocenters. The Morgan fingerprint density at radius 3 is 3.22 bits per heavy atom. The SMILES string of the molecule is NCCNc1ccsn1. The van der Waals surface area contributed by atoms with Crippen LogP contribution in [0.1, 0.15) is 0 Å². The van der Waals surface area contributed by atoms with Gasteiger partial charge < -0.3 is 11.1 Å². The maximum Gasteiger partial charge on any atom is 0.139 e. The fraction of sp³-hybridized carbons (Fsp3) is 0.400. The van der Waals surface area contributed by atoms with Crippen LogP contribution in [0.4, 0.5) is 5.82 Å². The first kappa shape index (κ1) is 6.51. The number of hydrogen-bond acceptors (Lipinski definition) is 4. The molecule has 0 spiro atoms. The van der Waals surface area contributed by atoms with Crippen LogP contribution in [0.25, 0.3) is 0 Å². The van der Waals surface area contributed by atoms with Crippen molar-refractivity contribution in [3.05, 3.63) is 11.4 Å². The molecule has 3 N–H and O–H groups in total. The van der Waals surface area contributed by atoms with Crippen LogP contribution in [0.15, 0.2) is 11.4 Å². The molecule has 0 atom stereocenters. The highest BCUT2D eigenvalue weighted by Gasteiger charge is 1.88. The number of anilines is 1. The van der Waals surface area contributed by atoms with Gasteiger partial charge in [0.1, 0.15) is 5.82 Å². The molecular formula is C5H9N3S. The Kier molecular flexibility index (Phi) is 2.48. The third-order valence-corrected chi connectivity index (χ3v) is 1.45. The van der Waals surface area contributed by atoms with Gasteiger partial charge in [-0.05, 0) is 17.6 Å². The molecule has 0 fully saturated rings. The Morgan fingerprint density at radius 2 is 2.67 bits per heavy atom. The van der Waals surface area contributed by atoms with Crippen LogP contribution in [-0.2, 0) is 0 Å². The van der Waals surface area contributed by atoms with E-state index in [4.69, 9.17) is 5.73 Å². The molecule has 1 rings (SSSR count). The molecule has 0 aliphatic rings. The molecule has 0 amide bonds. The first-order chi connectivity index (χ1) is 4.43. The number of rotatable bonds is 3. The first-order valence-corrected chi connectivity index (χ1v) is 3.61. The van der Waals surface area contributed by atoms with E-state index in [1.165, 1.54) is 11.5 Å². The van der Waals surface area contributed by atoms with Gasteiger partial charge in [0.05, 0.1) is 0 Å². The van der Waals surface area contributed by atoms with E-state index in [9.17, 15) is 0 Å². The standard InChI is InChI=1S/C5H9N3S/c6-2-3-7-5-1-4-9-8-5/h1,4H,2-3,6H2,(H,7,8). The molecule has 1 heterocycles. The van der Waals surface area contributed by atoms with Crippen molar-refractivity contribution in [3.8, 4) is 0 Å². The average molecular weight is 143 g/mol. The van der Waals surface area contributed by atoms with Gasteiger partial charge in [0.2, 0.25) is 0 Å². The molecule has 0 bridgehead atoms. The highest BCUT2D eigenvalue weighted by atomic mass is 32.1. The summed E-state index contributed by atoms with van der Waals surface area (Å²) in [4.78, 5) is 0. The predicted molar refractivity (Wildman–Crippen MR) is 39.7 cm³/mol. The minimum atomic E-state index is 0.650. The van der Waals surface area contributed by atoms with E-state index in [0.29, 0.717) is 6.54 Å². The van der Waals surface area contributed by atoms with Gasteiger partial charge in [-0.15, -0.1) is 0 Å². The van der Waals surface area contributed by atoms with E-state index in [0.717, 1.165) is 12.4 Å². The molecule has 1 aromatic heterocycles. The summed E-state index contributed by atoms with van der Waals surface area (Å²) in [5, 5.41) is 4.98. The smallest absolute Gasteiger partial charge is 0.139 e. The monoisotopic (exact) mass is 143 g/mol. The maximum absolute atomic E-state index is 5.26. The largest absolute Gasteiger partial charge is 0.368 e. The zero-order valence-electron chi connectivity index (χ0n) is 5.00. The maximum atomic E-state index is 5.26. The Balaban J connectivity index is 2.30. The summed E-state index contributed by atoms with van der Waals surface area (Å²) in [6, 6.07) is 1.93. The summed E-state index contributed by atoms with van der Waals surface area (Å²) in [5.41, 5.74) is 5.26. The highest BCUT2D eigenvalue weighted by Crippen LogP contribution is 2.03. The molecule has 0 saturated carbocycles. The molecule has 1 aromatic rings. The van der Waals surface area contributed by atoms with Crippen LogP contribution in [-0.4, -0.2) is 17.5 Å². The Hall–Kier alpha value is -0.610. The van der Waals surface area contributed by atoms with E-state index < -0.39 is 0 Å². The van der Waals surface area contributed by atoms with Gasteiger partial charge in [0, 0.05) is 18.5 Å². The third kappa shape index (κ3) is 1.99. The van der Waals surface area contributed by atoms with Crippen molar-refractivity contribution in [2.75, 3.05) is 18.4 Å². The molecule has 0 radical (unpaired) electrons. The lowest BCUT2D eigenvalue weighted by molar-refractivity contribution is 1.02. The minimum absolute atomic E-state index is 0.650. The summed E-state index contributed by atoms with van der Waals surface area (Å²) in [6.45, 7) is 1.45. The van der Waals surface area contributed by atoms with Gasteiger partial charge >= 0.3 is 0 Å². The summed E-state index contributed by atoms with van der Waals surface area (Å²) >= 11 is 1.44. The van der Waals surface area contributed by atoms with Gasteiger partial charge in [-0.1, -0.05) is 0 Å². The fourth-order valence-corrected chi connectivity index (χ4v) is 0.994. The van der Waals surface area contributed by atoms with Crippen LogP contribution in [0.2, 0.25) is 0 Å². The topological polar surface area (TPSA) is 50.9 Å². The highest BCUT2D eigenvalue weighted by molar-refractivity contribution is 7.03. The zero-order valence-corrected chi connectivity index (χ0v) is 5.82. The zero-order chi connectivity index (χ0) is 6.53. The lowest BCUT2D eigenvalue weighted by Crippen LogP contribution is -2.12. The number of aromatic nitrogens is 1. The van der Waals surface area contributed by atoms with E-state index in [2.05, 4.69) is 9.69 Å². The van der Waals surface area contributed by atoms with E-state index in [1.54, 1.807) is 0 Å². The van der Waals surface area contributed by atoms with E-state index in [-0.39, 0.29) is 0 Å². The lowest BCUT2D eigenvalue weighted by atomic mass is 10.6. The number of nitrogens with zero attached hydrogens (tertiary/aromatic N) is 1. The predicted octanol–water partition coefficient (Wildman–Crippen LogP) is 0.514. The van der Waals surface area contributed by atoms with E-state index >= 15 is 0 Å².